The Balaban J connectivity index is 2.90. The first-order chi connectivity index (χ1) is 5.68. The van der Waals surface area contributed by atoms with E-state index in [0.717, 1.165) is 21.6 Å². The highest BCUT2D eigenvalue weighted by atomic mass is 35.5. The molecular weight excluding hydrogens is 172 g/mol. The van der Waals surface area contributed by atoms with Gasteiger partial charge in [-0.3, -0.25) is 0 Å². The summed E-state index contributed by atoms with van der Waals surface area (Å²) in [6.07, 6.45) is 1.88. The molecule has 3 heteroatoms. The number of aryl methyl sites for hydroxylation is 1. The number of nitrogens with two attached hydrogens (primary N) is 1. The zero-order valence-corrected chi connectivity index (χ0v) is 7.47. The molecule has 0 bridgehead atoms. The fraction of sp³-hybridized carbons (Fsp3) is 0.111. The quantitative estimate of drug-likeness (QED) is 0.621. The Labute approximate surface area is 75.5 Å². The molecular formula is C9H9ClN2. The van der Waals surface area contributed by atoms with Crippen LogP contribution in [0.1, 0.15) is 0 Å². The van der Waals surface area contributed by atoms with Crippen LogP contribution in [0.5, 0.6) is 0 Å². The number of hydrogen-bond donors (Lipinski definition) is 1. The third kappa shape index (κ3) is 0.959. The number of rotatable bonds is 0. The maximum Gasteiger partial charge on any atom is 0.0661 e. The average molecular weight is 181 g/mol. The predicted molar refractivity (Wildman–Crippen MR) is 52.3 cm³/mol. The van der Waals surface area contributed by atoms with Gasteiger partial charge in [0.1, 0.15) is 0 Å². The maximum absolute atomic E-state index is 5.97. The Hall–Kier alpha value is -1.15. The topological polar surface area (TPSA) is 30.9 Å². The number of hydrogen-bond acceptors (Lipinski definition) is 1. The predicted octanol–water partition coefficient (Wildman–Crippen LogP) is 2.41. The molecule has 2 rings (SSSR count). The second-order valence-corrected chi connectivity index (χ2v) is 3.27. The molecule has 0 unspecified atom stereocenters. The lowest BCUT2D eigenvalue weighted by Crippen LogP contribution is -1.87. The minimum Gasteiger partial charge on any atom is -0.399 e. The summed E-state index contributed by atoms with van der Waals surface area (Å²) in [5, 5.41) is 1.82. The second-order valence-electron chi connectivity index (χ2n) is 2.86. The minimum absolute atomic E-state index is 0.764. The summed E-state index contributed by atoms with van der Waals surface area (Å²) < 4.78 is 1.97. The molecule has 0 amide bonds. The van der Waals surface area contributed by atoms with Crippen molar-refractivity contribution in [3.63, 3.8) is 0 Å². The van der Waals surface area contributed by atoms with Crippen molar-refractivity contribution in [2.45, 2.75) is 0 Å². The molecule has 1 aromatic carbocycles. The van der Waals surface area contributed by atoms with E-state index in [9.17, 15) is 0 Å². The first-order valence-corrected chi connectivity index (χ1v) is 4.06. The molecule has 2 N–H and O–H groups in total. The van der Waals surface area contributed by atoms with Gasteiger partial charge in [0.2, 0.25) is 0 Å². The highest BCUT2D eigenvalue weighted by molar-refractivity contribution is 6.35. The third-order valence-electron chi connectivity index (χ3n) is 1.97. The van der Waals surface area contributed by atoms with Gasteiger partial charge in [-0.05, 0) is 18.2 Å². The van der Waals surface area contributed by atoms with Crippen LogP contribution in [-0.4, -0.2) is 4.57 Å². The van der Waals surface area contributed by atoms with Crippen LogP contribution in [0.3, 0.4) is 0 Å². The van der Waals surface area contributed by atoms with E-state index in [-0.39, 0.29) is 0 Å². The van der Waals surface area contributed by atoms with Crippen molar-refractivity contribution in [3.05, 3.63) is 29.4 Å². The highest BCUT2D eigenvalue weighted by Gasteiger charge is 2.03. The van der Waals surface area contributed by atoms with E-state index in [4.69, 9.17) is 17.3 Å². The molecule has 2 nitrogen and oxygen atoms in total. The van der Waals surface area contributed by atoms with Crippen LogP contribution in [0.4, 0.5) is 5.69 Å². The summed E-state index contributed by atoms with van der Waals surface area (Å²) in [5.74, 6) is 0. The number of nitrogen functional groups attached to an aromatic ring is 1. The first kappa shape index (κ1) is 7.50. The summed E-state index contributed by atoms with van der Waals surface area (Å²) in [4.78, 5) is 0. The smallest absolute Gasteiger partial charge is 0.0661 e. The molecule has 1 aromatic heterocycles. The normalized spacial score (nSPS) is 10.8. The lowest BCUT2D eigenvalue weighted by Gasteiger charge is -1.96. The molecule has 0 aliphatic carbocycles. The van der Waals surface area contributed by atoms with Gasteiger partial charge >= 0.3 is 0 Å². The molecule has 0 atom stereocenters. The number of benzene rings is 1. The summed E-state index contributed by atoms with van der Waals surface area (Å²) in [7, 11) is 1.95. The third-order valence-corrected chi connectivity index (χ3v) is 2.27. The van der Waals surface area contributed by atoms with Crippen LogP contribution in [-0.2, 0) is 7.05 Å². The van der Waals surface area contributed by atoms with Gasteiger partial charge in [-0.25, -0.2) is 0 Å². The van der Waals surface area contributed by atoms with Crippen molar-refractivity contribution in [2.24, 2.45) is 7.05 Å². The van der Waals surface area contributed by atoms with Gasteiger partial charge in [0.05, 0.1) is 10.5 Å². The number of anilines is 1. The highest BCUT2D eigenvalue weighted by Crippen LogP contribution is 2.26. The zero-order chi connectivity index (χ0) is 8.72. The van der Waals surface area contributed by atoms with Crippen molar-refractivity contribution in [1.29, 1.82) is 0 Å². The summed E-state index contributed by atoms with van der Waals surface area (Å²) in [5.41, 5.74) is 7.48. The van der Waals surface area contributed by atoms with E-state index in [0.29, 0.717) is 0 Å². The molecule has 0 fully saturated rings. The van der Waals surface area contributed by atoms with E-state index in [2.05, 4.69) is 0 Å². The SMILES string of the molecule is Cn1cc(Cl)c2ccc(N)cc21. The maximum atomic E-state index is 5.97. The van der Waals surface area contributed by atoms with Crippen LogP contribution in [0.25, 0.3) is 10.9 Å². The average Bonchev–Trinajstić information content (AvgIpc) is 2.28. The number of aromatic nitrogens is 1. The van der Waals surface area contributed by atoms with E-state index >= 15 is 0 Å². The first-order valence-electron chi connectivity index (χ1n) is 3.68. The Bertz CT molecular complexity index is 431. The van der Waals surface area contributed by atoms with E-state index < -0.39 is 0 Å². The Kier molecular flexibility index (Phi) is 1.51. The minimum atomic E-state index is 0.764. The van der Waals surface area contributed by atoms with E-state index in [1.807, 2.05) is 36.0 Å². The molecule has 2 aromatic rings. The number of halogens is 1. The Morgan fingerprint density at radius 3 is 2.92 bits per heavy atom. The van der Waals surface area contributed by atoms with Crippen LogP contribution in [0, 0.1) is 0 Å². The summed E-state index contributed by atoms with van der Waals surface area (Å²) in [6.45, 7) is 0. The Morgan fingerprint density at radius 2 is 2.17 bits per heavy atom. The summed E-state index contributed by atoms with van der Waals surface area (Å²) >= 11 is 5.97. The van der Waals surface area contributed by atoms with Gasteiger partial charge in [-0.2, -0.15) is 0 Å². The van der Waals surface area contributed by atoms with Gasteiger partial charge in [0.15, 0.2) is 0 Å². The molecule has 62 valence electrons. The van der Waals surface area contributed by atoms with Gasteiger partial charge in [0.25, 0.3) is 0 Å². The van der Waals surface area contributed by atoms with Crippen molar-refractivity contribution in [3.8, 4) is 0 Å². The standard InChI is InChI=1S/C9H9ClN2/c1-12-5-8(10)7-3-2-6(11)4-9(7)12/h2-5H,11H2,1H3. The number of nitrogens with zero attached hydrogens (tertiary/aromatic N) is 1. The molecule has 0 aliphatic rings. The van der Waals surface area contributed by atoms with Crippen molar-refractivity contribution in [1.82, 2.24) is 4.57 Å². The van der Waals surface area contributed by atoms with Crippen LogP contribution in [0.2, 0.25) is 5.02 Å². The zero-order valence-electron chi connectivity index (χ0n) is 6.71. The fourth-order valence-electron chi connectivity index (χ4n) is 1.35. The Morgan fingerprint density at radius 1 is 1.42 bits per heavy atom. The molecule has 0 aliphatic heterocycles. The van der Waals surface area contributed by atoms with E-state index in [1.165, 1.54) is 0 Å². The fourth-order valence-corrected chi connectivity index (χ4v) is 1.66. The largest absolute Gasteiger partial charge is 0.399 e. The lowest BCUT2D eigenvalue weighted by molar-refractivity contribution is 0.969. The van der Waals surface area contributed by atoms with Crippen LogP contribution >= 0.6 is 11.6 Å². The number of fused-ring (bicyclic) bond motifs is 1. The van der Waals surface area contributed by atoms with Gasteiger partial charge < -0.3 is 10.3 Å². The molecule has 1 heterocycles. The van der Waals surface area contributed by atoms with Crippen molar-refractivity contribution >= 4 is 28.2 Å². The monoisotopic (exact) mass is 180 g/mol. The molecule has 0 saturated carbocycles. The van der Waals surface area contributed by atoms with Crippen molar-refractivity contribution < 1.29 is 0 Å². The van der Waals surface area contributed by atoms with Gasteiger partial charge in [-0.1, -0.05) is 11.6 Å². The molecule has 0 spiro atoms. The lowest BCUT2D eigenvalue weighted by atomic mass is 10.2. The summed E-state index contributed by atoms with van der Waals surface area (Å²) in [6, 6.07) is 5.71. The van der Waals surface area contributed by atoms with Crippen LogP contribution < -0.4 is 5.73 Å². The second kappa shape index (κ2) is 2.42. The molecule has 12 heavy (non-hydrogen) atoms. The molecule has 0 radical (unpaired) electrons. The van der Waals surface area contributed by atoms with Gasteiger partial charge in [0, 0.05) is 24.3 Å². The van der Waals surface area contributed by atoms with Crippen molar-refractivity contribution in [2.75, 3.05) is 5.73 Å². The van der Waals surface area contributed by atoms with E-state index in [1.54, 1.807) is 0 Å². The van der Waals surface area contributed by atoms with Gasteiger partial charge in [-0.15, -0.1) is 0 Å². The van der Waals surface area contributed by atoms with Crippen LogP contribution in [0.15, 0.2) is 24.4 Å². The molecule has 0 saturated heterocycles.